The predicted molar refractivity (Wildman–Crippen MR) is 79.8 cm³/mol. The van der Waals surface area contributed by atoms with E-state index < -0.39 is 0 Å². The fourth-order valence-corrected chi connectivity index (χ4v) is 3.59. The SMILES string of the molecule is CCCC1=C(C(CCC)OC)C(C)CC(CC)C1. The topological polar surface area (TPSA) is 9.23 Å². The van der Waals surface area contributed by atoms with Gasteiger partial charge in [0.25, 0.3) is 0 Å². The van der Waals surface area contributed by atoms with E-state index in [4.69, 9.17) is 4.74 Å². The maximum absolute atomic E-state index is 5.79. The normalized spacial score (nSPS) is 26.5. The van der Waals surface area contributed by atoms with E-state index in [1.165, 1.54) is 44.9 Å². The summed E-state index contributed by atoms with van der Waals surface area (Å²) in [5.74, 6) is 1.63. The maximum atomic E-state index is 5.79. The van der Waals surface area contributed by atoms with Gasteiger partial charge in [0.2, 0.25) is 0 Å². The summed E-state index contributed by atoms with van der Waals surface area (Å²) in [7, 11) is 1.88. The van der Waals surface area contributed by atoms with E-state index in [-0.39, 0.29) is 0 Å². The van der Waals surface area contributed by atoms with Gasteiger partial charge in [0.1, 0.15) is 0 Å². The molecule has 18 heavy (non-hydrogen) atoms. The van der Waals surface area contributed by atoms with Crippen LogP contribution in [0.1, 0.15) is 72.6 Å². The Balaban J connectivity index is 2.96. The van der Waals surface area contributed by atoms with E-state index >= 15 is 0 Å². The van der Waals surface area contributed by atoms with Crippen LogP contribution in [0.3, 0.4) is 0 Å². The zero-order valence-corrected chi connectivity index (χ0v) is 13.1. The first-order valence-electron chi connectivity index (χ1n) is 7.92. The van der Waals surface area contributed by atoms with Crippen LogP contribution in [0, 0.1) is 11.8 Å². The molecule has 0 saturated heterocycles. The largest absolute Gasteiger partial charge is 0.377 e. The first-order valence-corrected chi connectivity index (χ1v) is 7.92. The van der Waals surface area contributed by atoms with Gasteiger partial charge in [-0.3, -0.25) is 0 Å². The van der Waals surface area contributed by atoms with Crippen LogP contribution in [0.5, 0.6) is 0 Å². The van der Waals surface area contributed by atoms with Crippen molar-refractivity contribution in [3.63, 3.8) is 0 Å². The molecule has 0 aromatic heterocycles. The number of methoxy groups -OCH3 is 1. The third-order valence-corrected chi connectivity index (χ3v) is 4.47. The molecule has 0 aliphatic heterocycles. The minimum absolute atomic E-state index is 0.379. The third-order valence-electron chi connectivity index (χ3n) is 4.47. The lowest BCUT2D eigenvalue weighted by molar-refractivity contribution is 0.108. The highest BCUT2D eigenvalue weighted by atomic mass is 16.5. The fourth-order valence-electron chi connectivity index (χ4n) is 3.59. The summed E-state index contributed by atoms with van der Waals surface area (Å²) >= 11 is 0. The fraction of sp³-hybridized carbons (Fsp3) is 0.882. The first kappa shape index (κ1) is 15.8. The van der Waals surface area contributed by atoms with Gasteiger partial charge in [0.05, 0.1) is 6.10 Å². The Labute approximate surface area is 114 Å². The van der Waals surface area contributed by atoms with Gasteiger partial charge in [-0.25, -0.2) is 0 Å². The van der Waals surface area contributed by atoms with Gasteiger partial charge < -0.3 is 4.74 Å². The van der Waals surface area contributed by atoms with Gasteiger partial charge in [-0.2, -0.15) is 0 Å². The zero-order valence-electron chi connectivity index (χ0n) is 13.1. The van der Waals surface area contributed by atoms with Crippen LogP contribution < -0.4 is 0 Å². The maximum Gasteiger partial charge on any atom is 0.0786 e. The lowest BCUT2D eigenvalue weighted by Crippen LogP contribution is -2.26. The molecule has 0 bridgehead atoms. The van der Waals surface area contributed by atoms with Crippen molar-refractivity contribution in [3.05, 3.63) is 11.1 Å². The highest BCUT2D eigenvalue weighted by molar-refractivity contribution is 5.24. The molecule has 0 fully saturated rings. The van der Waals surface area contributed by atoms with Gasteiger partial charge in [0.15, 0.2) is 0 Å². The molecule has 0 amide bonds. The van der Waals surface area contributed by atoms with Gasteiger partial charge in [-0.15, -0.1) is 0 Å². The summed E-state index contributed by atoms with van der Waals surface area (Å²) in [6.45, 7) is 9.31. The van der Waals surface area contributed by atoms with Gasteiger partial charge in [-0.1, -0.05) is 52.5 Å². The molecule has 0 aromatic rings. The van der Waals surface area contributed by atoms with E-state index in [0.717, 1.165) is 11.8 Å². The van der Waals surface area contributed by atoms with Crippen molar-refractivity contribution in [1.29, 1.82) is 0 Å². The van der Waals surface area contributed by atoms with Gasteiger partial charge in [-0.05, 0) is 43.1 Å². The van der Waals surface area contributed by atoms with Gasteiger partial charge >= 0.3 is 0 Å². The van der Waals surface area contributed by atoms with E-state index in [1.54, 1.807) is 11.1 Å². The van der Waals surface area contributed by atoms with Crippen molar-refractivity contribution in [3.8, 4) is 0 Å². The molecule has 0 radical (unpaired) electrons. The molecule has 1 heteroatoms. The molecular weight excluding hydrogens is 220 g/mol. The molecule has 0 heterocycles. The Morgan fingerprint density at radius 2 is 1.94 bits per heavy atom. The number of hydrogen-bond acceptors (Lipinski definition) is 1. The summed E-state index contributed by atoms with van der Waals surface area (Å²) in [6.07, 6.45) is 9.34. The van der Waals surface area contributed by atoms with Crippen molar-refractivity contribution < 1.29 is 4.74 Å². The molecule has 0 saturated carbocycles. The molecule has 1 rings (SSSR count). The van der Waals surface area contributed by atoms with Crippen LogP contribution in [-0.4, -0.2) is 13.2 Å². The Hall–Kier alpha value is -0.300. The first-order chi connectivity index (χ1) is 8.67. The molecule has 1 aliphatic carbocycles. The highest BCUT2D eigenvalue weighted by Gasteiger charge is 2.29. The number of ether oxygens (including phenoxy) is 1. The van der Waals surface area contributed by atoms with Crippen molar-refractivity contribution in [1.82, 2.24) is 0 Å². The molecule has 3 unspecified atom stereocenters. The monoisotopic (exact) mass is 252 g/mol. The van der Waals surface area contributed by atoms with Crippen LogP contribution >= 0.6 is 0 Å². The smallest absolute Gasteiger partial charge is 0.0786 e. The molecule has 0 aromatic carbocycles. The van der Waals surface area contributed by atoms with Crippen LogP contribution in [0.15, 0.2) is 11.1 Å². The van der Waals surface area contributed by atoms with Crippen molar-refractivity contribution >= 4 is 0 Å². The second-order valence-corrected chi connectivity index (χ2v) is 5.94. The number of hydrogen-bond donors (Lipinski definition) is 0. The van der Waals surface area contributed by atoms with Crippen LogP contribution in [-0.2, 0) is 4.74 Å². The second kappa shape index (κ2) is 7.99. The van der Waals surface area contributed by atoms with Crippen molar-refractivity contribution in [2.75, 3.05) is 7.11 Å². The van der Waals surface area contributed by atoms with E-state index in [1.807, 2.05) is 7.11 Å². The summed E-state index contributed by atoms with van der Waals surface area (Å²) < 4.78 is 5.79. The summed E-state index contributed by atoms with van der Waals surface area (Å²) in [5, 5.41) is 0. The predicted octanol–water partition coefficient (Wildman–Crippen LogP) is 5.35. The lowest BCUT2D eigenvalue weighted by Gasteiger charge is -2.35. The molecule has 0 spiro atoms. The van der Waals surface area contributed by atoms with Crippen molar-refractivity contribution in [2.24, 2.45) is 11.8 Å². The number of allylic oxidation sites excluding steroid dienone is 1. The van der Waals surface area contributed by atoms with Crippen LogP contribution in [0.2, 0.25) is 0 Å². The second-order valence-electron chi connectivity index (χ2n) is 5.94. The molecule has 1 aliphatic rings. The van der Waals surface area contributed by atoms with Crippen molar-refractivity contribution in [2.45, 2.75) is 78.7 Å². The van der Waals surface area contributed by atoms with E-state index in [0.29, 0.717) is 6.10 Å². The molecule has 3 atom stereocenters. The minimum Gasteiger partial charge on any atom is -0.377 e. The summed E-state index contributed by atoms with van der Waals surface area (Å²) in [4.78, 5) is 0. The number of rotatable bonds is 7. The Kier molecular flexibility index (Phi) is 6.99. The Bertz CT molecular complexity index is 267. The quantitative estimate of drug-likeness (QED) is 0.555. The molecular formula is C17H32O. The summed E-state index contributed by atoms with van der Waals surface area (Å²) in [5.41, 5.74) is 3.38. The average Bonchev–Trinajstić information content (AvgIpc) is 2.37. The average molecular weight is 252 g/mol. The van der Waals surface area contributed by atoms with E-state index in [9.17, 15) is 0 Å². The zero-order chi connectivity index (χ0) is 13.5. The van der Waals surface area contributed by atoms with E-state index in [2.05, 4.69) is 27.7 Å². The Morgan fingerprint density at radius 1 is 1.22 bits per heavy atom. The van der Waals surface area contributed by atoms with Crippen LogP contribution in [0.25, 0.3) is 0 Å². The summed E-state index contributed by atoms with van der Waals surface area (Å²) in [6, 6.07) is 0. The molecule has 1 nitrogen and oxygen atoms in total. The molecule has 106 valence electrons. The minimum atomic E-state index is 0.379. The Morgan fingerprint density at radius 3 is 2.44 bits per heavy atom. The van der Waals surface area contributed by atoms with Gasteiger partial charge in [0, 0.05) is 7.11 Å². The molecule has 0 N–H and O–H groups in total. The van der Waals surface area contributed by atoms with Crippen LogP contribution in [0.4, 0.5) is 0 Å². The standard InChI is InChI=1S/C17H32O/c1-6-9-15-12-14(8-3)11-13(4)17(15)16(18-5)10-7-2/h13-14,16H,6-12H2,1-5H3. The third kappa shape index (κ3) is 3.85. The highest BCUT2D eigenvalue weighted by Crippen LogP contribution is 2.40. The lowest BCUT2D eigenvalue weighted by atomic mass is 9.73.